The summed E-state index contributed by atoms with van der Waals surface area (Å²) in [5.41, 5.74) is 10.0. The van der Waals surface area contributed by atoms with E-state index in [0.717, 1.165) is 35.6 Å². The van der Waals surface area contributed by atoms with Gasteiger partial charge in [-0.25, -0.2) is 4.98 Å². The number of alkyl halides is 2. The second-order valence-electron chi connectivity index (χ2n) is 5.40. The van der Waals surface area contributed by atoms with Crippen molar-refractivity contribution in [2.24, 2.45) is 7.05 Å². The number of hydrogen-bond acceptors (Lipinski definition) is 3. The van der Waals surface area contributed by atoms with Crippen molar-refractivity contribution in [3.63, 3.8) is 0 Å². The molecule has 0 fully saturated rings. The molecule has 0 aliphatic rings. The van der Waals surface area contributed by atoms with E-state index >= 15 is 0 Å². The number of aromatic nitrogens is 2. The first kappa shape index (κ1) is 22.6. The average Bonchev–Trinajstić information content (AvgIpc) is 2.83. The summed E-state index contributed by atoms with van der Waals surface area (Å²) in [5, 5.41) is 0. The smallest absolute Gasteiger partial charge is 0.668 e. The maximum absolute atomic E-state index is 10.7. The van der Waals surface area contributed by atoms with Gasteiger partial charge in [0.15, 0.2) is 0 Å². The number of halogens is 2. The van der Waals surface area contributed by atoms with Crippen molar-refractivity contribution < 1.29 is 73.7 Å². The standard InChI is InChI=1S/C16H22Cl2N4O.Cs/c1-21-14-6-5-12(22(9-7-17)10-8-18)11-13(14)20-16(21)4-2-3-15(19)23;/h5-6,11H,2-4,7-10H2,1H3,(H2,19,23);/q;+1/p-1. The number of carbonyl (C=O) groups is 1. The van der Waals surface area contributed by atoms with E-state index in [2.05, 4.69) is 16.0 Å². The quantitative estimate of drug-likeness (QED) is 0.489. The Labute approximate surface area is 211 Å². The van der Waals surface area contributed by atoms with E-state index in [1.807, 2.05) is 23.7 Å². The molecule has 1 N–H and O–H groups in total. The molecule has 0 saturated carbocycles. The predicted molar refractivity (Wildman–Crippen MR) is 96.6 cm³/mol. The van der Waals surface area contributed by atoms with Crippen LogP contribution in [0, 0.1) is 0 Å². The fourth-order valence-corrected chi connectivity index (χ4v) is 3.05. The Hall–Kier alpha value is 0.592. The van der Waals surface area contributed by atoms with E-state index in [1.54, 1.807) is 0 Å². The Morgan fingerprint density at radius 3 is 2.54 bits per heavy atom. The Morgan fingerprint density at radius 2 is 1.96 bits per heavy atom. The Balaban J connectivity index is 0.00000288. The molecule has 0 saturated heterocycles. The van der Waals surface area contributed by atoms with Gasteiger partial charge in [0.2, 0.25) is 0 Å². The third-order valence-corrected chi connectivity index (χ3v) is 4.17. The first-order valence-electron chi connectivity index (χ1n) is 7.63. The number of amides is 1. The summed E-state index contributed by atoms with van der Waals surface area (Å²) in [4.78, 5) is 17.6. The van der Waals surface area contributed by atoms with E-state index in [1.165, 1.54) is 0 Å². The minimum atomic E-state index is -0.524. The van der Waals surface area contributed by atoms with Crippen LogP contribution in [0.2, 0.25) is 0 Å². The fourth-order valence-electron chi connectivity index (χ4n) is 2.64. The van der Waals surface area contributed by atoms with Gasteiger partial charge >= 0.3 is 68.9 Å². The maximum atomic E-state index is 10.7. The number of benzene rings is 1. The molecular weight excluding hydrogens is 468 g/mol. The van der Waals surface area contributed by atoms with Gasteiger partial charge in [-0.05, 0) is 31.0 Å². The number of rotatable bonds is 9. The number of hydrogen-bond donors (Lipinski definition) is 0. The molecule has 8 heteroatoms. The first-order chi connectivity index (χ1) is 11.1. The van der Waals surface area contributed by atoms with Crippen LogP contribution in [-0.4, -0.2) is 40.3 Å². The molecule has 2 aromatic rings. The van der Waals surface area contributed by atoms with Gasteiger partial charge in [-0.15, -0.1) is 23.2 Å². The molecule has 1 aromatic heterocycles. The molecule has 0 atom stereocenters. The number of nitrogens with one attached hydrogen (secondary N) is 1. The number of carbonyl (C=O) groups excluding carboxylic acids is 1. The second-order valence-corrected chi connectivity index (χ2v) is 6.16. The molecule has 126 valence electrons. The molecule has 5 nitrogen and oxygen atoms in total. The van der Waals surface area contributed by atoms with Crippen molar-refractivity contribution in [2.45, 2.75) is 19.3 Å². The summed E-state index contributed by atoms with van der Waals surface area (Å²) < 4.78 is 2.04. The van der Waals surface area contributed by atoms with E-state index < -0.39 is 5.91 Å². The number of fused-ring (bicyclic) bond motifs is 1. The molecule has 24 heavy (non-hydrogen) atoms. The van der Waals surface area contributed by atoms with Crippen LogP contribution in [0.25, 0.3) is 16.8 Å². The van der Waals surface area contributed by atoms with Crippen molar-refractivity contribution in [3.8, 4) is 0 Å². The summed E-state index contributed by atoms with van der Waals surface area (Å²) in [6.45, 7) is 1.48. The summed E-state index contributed by atoms with van der Waals surface area (Å²) in [5.74, 6) is 1.50. The average molecular weight is 489 g/mol. The minimum absolute atomic E-state index is 0. The number of anilines is 1. The van der Waals surface area contributed by atoms with Gasteiger partial charge in [-0.2, -0.15) is 0 Å². The number of nitrogens with zero attached hydrogens (tertiary/aromatic N) is 3. The van der Waals surface area contributed by atoms with E-state index in [-0.39, 0.29) is 75.3 Å². The van der Waals surface area contributed by atoms with Gasteiger partial charge in [0.1, 0.15) is 5.82 Å². The van der Waals surface area contributed by atoms with Crippen LogP contribution in [0.4, 0.5) is 5.69 Å². The van der Waals surface area contributed by atoms with Crippen LogP contribution in [-0.2, 0) is 18.3 Å². The Morgan fingerprint density at radius 1 is 1.29 bits per heavy atom. The van der Waals surface area contributed by atoms with E-state index in [4.69, 9.17) is 28.9 Å². The molecule has 0 unspecified atom stereocenters. The van der Waals surface area contributed by atoms with Crippen LogP contribution in [0.1, 0.15) is 18.7 Å². The third-order valence-electron chi connectivity index (χ3n) is 3.84. The SMILES string of the molecule is Cn1c(CCCC([NH-])=O)nc2cc(N(CCCl)CCCl)ccc21.[Cs+]. The van der Waals surface area contributed by atoms with Gasteiger partial charge in [0.25, 0.3) is 0 Å². The van der Waals surface area contributed by atoms with Crippen molar-refractivity contribution >= 4 is 45.8 Å². The van der Waals surface area contributed by atoms with Crippen LogP contribution < -0.4 is 73.8 Å². The Kier molecular flexibility index (Phi) is 10.7. The maximum Gasteiger partial charge on any atom is 1.00 e. The second kappa shape index (κ2) is 11.3. The minimum Gasteiger partial charge on any atom is -0.668 e. The largest absolute Gasteiger partial charge is 1.00 e. The summed E-state index contributed by atoms with van der Waals surface area (Å²) in [7, 11) is 1.97. The van der Waals surface area contributed by atoms with Crippen molar-refractivity contribution in [1.82, 2.24) is 9.55 Å². The molecule has 0 radical (unpaired) electrons. The van der Waals surface area contributed by atoms with Gasteiger partial charge < -0.3 is 20.0 Å². The number of aryl methyl sites for hydroxylation is 2. The molecule has 1 heterocycles. The summed E-state index contributed by atoms with van der Waals surface area (Å²) in [6, 6.07) is 6.15. The monoisotopic (exact) mass is 488 g/mol. The zero-order chi connectivity index (χ0) is 16.8. The van der Waals surface area contributed by atoms with Crippen molar-refractivity contribution in [1.29, 1.82) is 0 Å². The molecule has 0 aliphatic carbocycles. The zero-order valence-electron chi connectivity index (χ0n) is 14.2. The van der Waals surface area contributed by atoms with Crippen LogP contribution in [0.5, 0.6) is 0 Å². The van der Waals surface area contributed by atoms with Gasteiger partial charge in [0, 0.05) is 49.9 Å². The van der Waals surface area contributed by atoms with Crippen LogP contribution in [0.3, 0.4) is 0 Å². The molecular formula is C16H21Cl2CsN4O. The van der Waals surface area contributed by atoms with Gasteiger partial charge in [-0.1, -0.05) is 0 Å². The molecule has 2 rings (SSSR count). The molecule has 1 aromatic carbocycles. The molecule has 0 spiro atoms. The summed E-state index contributed by atoms with van der Waals surface area (Å²) >= 11 is 11.7. The van der Waals surface area contributed by atoms with Crippen molar-refractivity contribution in [3.05, 3.63) is 29.8 Å². The summed E-state index contributed by atoms with van der Waals surface area (Å²) in [6.07, 6.45) is 1.61. The fraction of sp³-hybridized carbons (Fsp3) is 0.500. The van der Waals surface area contributed by atoms with E-state index in [9.17, 15) is 4.79 Å². The van der Waals surface area contributed by atoms with Gasteiger partial charge in [-0.3, -0.25) is 0 Å². The van der Waals surface area contributed by atoms with Crippen LogP contribution >= 0.6 is 23.2 Å². The molecule has 1 amide bonds. The normalized spacial score (nSPS) is 10.6. The topological polar surface area (TPSA) is 61.9 Å². The third kappa shape index (κ3) is 6.09. The molecule has 0 aliphatic heterocycles. The first-order valence-corrected chi connectivity index (χ1v) is 8.70. The van der Waals surface area contributed by atoms with Crippen molar-refractivity contribution in [2.75, 3.05) is 29.7 Å². The number of imidazole rings is 1. The van der Waals surface area contributed by atoms with Gasteiger partial charge in [0.05, 0.1) is 11.0 Å². The zero-order valence-corrected chi connectivity index (χ0v) is 22.0. The van der Waals surface area contributed by atoms with E-state index in [0.29, 0.717) is 24.6 Å². The Bertz CT molecular complexity index is 671. The predicted octanol–water partition coefficient (Wildman–Crippen LogP) is 0.763. The van der Waals surface area contributed by atoms with Crippen LogP contribution in [0.15, 0.2) is 18.2 Å². The molecule has 0 bridgehead atoms.